The fourth-order valence-corrected chi connectivity index (χ4v) is 1.98. The monoisotopic (exact) mass is 273 g/mol. The molecule has 0 unspecified atom stereocenters. The normalized spacial score (nSPS) is 15.6. The summed E-state index contributed by atoms with van der Waals surface area (Å²) in [6.45, 7) is 1.43. The Morgan fingerprint density at radius 1 is 1.28 bits per heavy atom. The number of hydrogen-bond acceptors (Lipinski definition) is 4. The summed E-state index contributed by atoms with van der Waals surface area (Å²) in [6, 6.07) is 2.37. The van der Waals surface area contributed by atoms with Gasteiger partial charge >= 0.3 is 6.18 Å². The largest absolute Gasteiger partial charge is 0.433 e. The summed E-state index contributed by atoms with van der Waals surface area (Å²) in [4.78, 5) is 9.08. The third kappa shape index (κ3) is 2.86. The van der Waals surface area contributed by atoms with Crippen LogP contribution in [0.1, 0.15) is 18.5 Å². The number of alkyl halides is 3. The number of nitrogens with zero attached hydrogens (tertiary/aromatic N) is 3. The first-order valence-electron chi connectivity index (χ1n) is 5.43. The van der Waals surface area contributed by atoms with Gasteiger partial charge in [-0.2, -0.15) is 18.2 Å². The molecule has 0 saturated carbocycles. The summed E-state index contributed by atoms with van der Waals surface area (Å²) >= 11 is 4.42. The molecule has 0 N–H and O–H groups in total. The van der Waals surface area contributed by atoms with Gasteiger partial charge in [0.25, 0.3) is 0 Å². The molecule has 7 heteroatoms. The van der Waals surface area contributed by atoms with Crippen LogP contribution in [0.25, 0.3) is 0 Å². The Balaban J connectivity index is 2.45. The summed E-state index contributed by atoms with van der Waals surface area (Å²) in [5, 5.41) is 2.08. The second-order valence-electron chi connectivity index (χ2n) is 3.96. The highest BCUT2D eigenvalue weighted by Crippen LogP contribution is 2.33. The van der Waals surface area contributed by atoms with Gasteiger partial charge < -0.3 is 4.90 Å². The van der Waals surface area contributed by atoms with E-state index in [-0.39, 0.29) is 5.69 Å². The average molecular weight is 273 g/mol. The molecule has 0 spiro atoms. The predicted molar refractivity (Wildman–Crippen MR) is 65.4 cm³/mol. The molecular weight excluding hydrogens is 263 g/mol. The third-order valence-electron chi connectivity index (χ3n) is 2.69. The molecule has 1 saturated heterocycles. The molecule has 0 aromatic carbocycles. The van der Waals surface area contributed by atoms with Crippen molar-refractivity contribution in [2.75, 3.05) is 18.0 Å². The molecule has 18 heavy (non-hydrogen) atoms. The Labute approximate surface area is 107 Å². The van der Waals surface area contributed by atoms with E-state index in [0.29, 0.717) is 5.82 Å². The minimum atomic E-state index is -4.48. The van der Waals surface area contributed by atoms with Crippen molar-refractivity contribution in [2.45, 2.75) is 19.0 Å². The van der Waals surface area contributed by atoms with Crippen LogP contribution in [0.4, 0.5) is 24.7 Å². The average Bonchev–Trinajstić information content (AvgIpc) is 2.81. The highest BCUT2D eigenvalue weighted by Gasteiger charge is 2.34. The lowest BCUT2D eigenvalue weighted by Crippen LogP contribution is -2.20. The fraction of sp³-hybridized carbons (Fsp3) is 0.455. The topological polar surface area (TPSA) is 28.5 Å². The van der Waals surface area contributed by atoms with Crippen molar-refractivity contribution in [3.05, 3.63) is 17.8 Å². The van der Waals surface area contributed by atoms with Crippen LogP contribution in [0.15, 0.2) is 17.1 Å². The highest BCUT2D eigenvalue weighted by atomic mass is 32.1. The van der Waals surface area contributed by atoms with Gasteiger partial charge in [0.05, 0.1) is 10.8 Å². The summed E-state index contributed by atoms with van der Waals surface area (Å²) in [7, 11) is 0. The minimum Gasteiger partial charge on any atom is -0.357 e. The van der Waals surface area contributed by atoms with Gasteiger partial charge in [-0.15, -0.1) is 0 Å². The number of anilines is 1. The summed E-state index contributed by atoms with van der Waals surface area (Å²) in [6.07, 6.45) is -2.56. The number of halogens is 3. The van der Waals surface area contributed by atoms with Crippen molar-refractivity contribution in [2.24, 2.45) is 4.99 Å². The first-order chi connectivity index (χ1) is 8.50. The quantitative estimate of drug-likeness (QED) is 0.610. The first-order valence-corrected chi connectivity index (χ1v) is 5.83. The lowest BCUT2D eigenvalue weighted by Gasteiger charge is -2.18. The molecule has 1 fully saturated rings. The van der Waals surface area contributed by atoms with Crippen molar-refractivity contribution in [3.8, 4) is 0 Å². The summed E-state index contributed by atoms with van der Waals surface area (Å²) < 4.78 is 38.1. The standard InChI is InChI=1S/C11H10F3N3S/c12-11(13,14)9-5-8(15-7-18)6-10(16-9)17-3-1-2-4-17/h5-6H,1-4H2. The van der Waals surface area contributed by atoms with Crippen LogP contribution in [0.2, 0.25) is 0 Å². The number of isothiocyanates is 1. The van der Waals surface area contributed by atoms with Gasteiger partial charge in [-0.3, -0.25) is 0 Å². The first kappa shape index (κ1) is 13.0. The molecule has 1 aliphatic rings. The van der Waals surface area contributed by atoms with Crippen LogP contribution in [0.3, 0.4) is 0 Å². The molecule has 0 radical (unpaired) electrons. The van der Waals surface area contributed by atoms with Crippen LogP contribution >= 0.6 is 12.2 Å². The van der Waals surface area contributed by atoms with Gasteiger partial charge in [0.2, 0.25) is 0 Å². The maximum Gasteiger partial charge on any atom is 0.433 e. The minimum absolute atomic E-state index is 0.134. The Morgan fingerprint density at radius 3 is 2.50 bits per heavy atom. The predicted octanol–water partition coefficient (Wildman–Crippen LogP) is 3.43. The molecule has 0 amide bonds. The van der Waals surface area contributed by atoms with Gasteiger partial charge in [-0.25, -0.2) is 4.98 Å². The molecule has 3 nitrogen and oxygen atoms in total. The van der Waals surface area contributed by atoms with Crippen LogP contribution in [0.5, 0.6) is 0 Å². The molecule has 96 valence electrons. The third-order valence-corrected chi connectivity index (χ3v) is 2.78. The van der Waals surface area contributed by atoms with E-state index < -0.39 is 11.9 Å². The zero-order valence-electron chi connectivity index (χ0n) is 9.37. The number of aliphatic imine (C=N–C) groups is 1. The maximum absolute atomic E-state index is 12.7. The van der Waals surface area contributed by atoms with Crippen molar-refractivity contribution in [1.29, 1.82) is 0 Å². The van der Waals surface area contributed by atoms with Crippen LogP contribution in [0, 0.1) is 0 Å². The van der Waals surface area contributed by atoms with Crippen molar-refractivity contribution in [3.63, 3.8) is 0 Å². The molecule has 0 bridgehead atoms. The Bertz CT molecular complexity index is 489. The molecule has 1 aliphatic heterocycles. The summed E-state index contributed by atoms with van der Waals surface area (Å²) in [5.74, 6) is 0.298. The van der Waals surface area contributed by atoms with Crippen molar-refractivity contribution in [1.82, 2.24) is 4.98 Å². The second-order valence-corrected chi connectivity index (χ2v) is 4.15. The molecule has 0 atom stereocenters. The van der Waals surface area contributed by atoms with E-state index in [0.717, 1.165) is 32.0 Å². The fourth-order valence-electron chi connectivity index (χ4n) is 1.87. The lowest BCUT2D eigenvalue weighted by atomic mass is 10.3. The van der Waals surface area contributed by atoms with E-state index in [4.69, 9.17) is 0 Å². The zero-order valence-corrected chi connectivity index (χ0v) is 10.2. The van der Waals surface area contributed by atoms with Gasteiger partial charge in [0, 0.05) is 19.2 Å². The molecule has 2 rings (SSSR count). The summed E-state index contributed by atoms with van der Waals surface area (Å²) in [5.41, 5.74) is -0.815. The Morgan fingerprint density at radius 2 is 1.94 bits per heavy atom. The number of thiocarbonyl (C=S) groups is 1. The number of aromatic nitrogens is 1. The molecule has 1 aromatic rings. The molecule has 1 aromatic heterocycles. The number of pyridine rings is 1. The van der Waals surface area contributed by atoms with E-state index >= 15 is 0 Å². The number of rotatable bonds is 2. The van der Waals surface area contributed by atoms with Crippen molar-refractivity contribution < 1.29 is 13.2 Å². The van der Waals surface area contributed by atoms with E-state index in [1.807, 2.05) is 4.90 Å². The van der Waals surface area contributed by atoms with E-state index in [2.05, 4.69) is 27.4 Å². The smallest absolute Gasteiger partial charge is 0.357 e. The van der Waals surface area contributed by atoms with Gasteiger partial charge in [-0.05, 0) is 31.1 Å². The van der Waals surface area contributed by atoms with Crippen LogP contribution in [-0.4, -0.2) is 23.2 Å². The maximum atomic E-state index is 12.7. The van der Waals surface area contributed by atoms with Gasteiger partial charge in [-0.1, -0.05) is 0 Å². The highest BCUT2D eigenvalue weighted by molar-refractivity contribution is 7.78. The molecule has 2 heterocycles. The van der Waals surface area contributed by atoms with Gasteiger partial charge in [0.1, 0.15) is 11.5 Å². The second kappa shape index (κ2) is 5.04. The van der Waals surface area contributed by atoms with Gasteiger partial charge in [0.15, 0.2) is 0 Å². The molecule has 0 aliphatic carbocycles. The van der Waals surface area contributed by atoms with E-state index in [9.17, 15) is 13.2 Å². The SMILES string of the molecule is FC(F)(F)c1cc(N=C=S)cc(N2CCCC2)n1. The van der Waals surface area contributed by atoms with Crippen LogP contribution < -0.4 is 4.90 Å². The Kier molecular flexibility index (Phi) is 3.63. The van der Waals surface area contributed by atoms with E-state index in [1.54, 1.807) is 0 Å². The van der Waals surface area contributed by atoms with E-state index in [1.165, 1.54) is 6.07 Å². The lowest BCUT2D eigenvalue weighted by molar-refractivity contribution is -0.141. The Hall–Kier alpha value is -1.46. The molecular formula is C11H10F3N3S. The number of hydrogen-bond donors (Lipinski definition) is 0. The zero-order chi connectivity index (χ0) is 13.2. The van der Waals surface area contributed by atoms with Crippen molar-refractivity contribution >= 4 is 28.9 Å². The van der Waals surface area contributed by atoms with Crippen LogP contribution in [-0.2, 0) is 6.18 Å².